The summed E-state index contributed by atoms with van der Waals surface area (Å²) >= 11 is 0. The third kappa shape index (κ3) is 5.44. The molecular formula is C27H33N3O3. The second-order valence-electron chi connectivity index (χ2n) is 9.55. The van der Waals surface area contributed by atoms with Crippen LogP contribution in [0.15, 0.2) is 54.6 Å². The molecule has 0 aliphatic carbocycles. The Bertz CT molecular complexity index is 997. The van der Waals surface area contributed by atoms with Gasteiger partial charge in [-0.3, -0.25) is 14.4 Å². The molecule has 0 aromatic heterocycles. The van der Waals surface area contributed by atoms with E-state index < -0.39 is 6.04 Å². The van der Waals surface area contributed by atoms with Crippen molar-refractivity contribution >= 4 is 17.7 Å². The first-order chi connectivity index (χ1) is 15.9. The van der Waals surface area contributed by atoms with E-state index in [2.05, 4.69) is 5.32 Å². The van der Waals surface area contributed by atoms with Gasteiger partial charge in [-0.2, -0.15) is 0 Å². The molecule has 0 spiro atoms. The summed E-state index contributed by atoms with van der Waals surface area (Å²) in [4.78, 5) is 42.6. The Morgan fingerprint density at radius 1 is 0.939 bits per heavy atom. The van der Waals surface area contributed by atoms with Gasteiger partial charge in [-0.05, 0) is 42.0 Å². The fraction of sp³-hybridized carbons (Fsp3) is 0.444. The van der Waals surface area contributed by atoms with Crippen LogP contribution in [0.2, 0.25) is 0 Å². The predicted octanol–water partition coefficient (Wildman–Crippen LogP) is 3.41. The summed E-state index contributed by atoms with van der Waals surface area (Å²) in [7, 11) is 0. The molecule has 0 radical (unpaired) electrons. The molecule has 1 N–H and O–H groups in total. The first-order valence-electron chi connectivity index (χ1n) is 11.9. The standard InChI is InChI=1S/C27H33N3O3/c1-19(2)16-25(31)30-18-22-11-7-6-10-21(22)17-24(30)26(32)28-23-12-14-29(15-13-23)27(33)20-8-4-3-5-9-20/h3-11,19,23-24H,12-18H2,1-2H3,(H,28,32). The van der Waals surface area contributed by atoms with E-state index in [0.717, 1.165) is 11.1 Å². The molecule has 4 rings (SSSR count). The number of benzene rings is 2. The van der Waals surface area contributed by atoms with Crippen molar-refractivity contribution < 1.29 is 14.4 Å². The maximum Gasteiger partial charge on any atom is 0.253 e. The van der Waals surface area contributed by atoms with Crippen molar-refractivity contribution in [3.8, 4) is 0 Å². The van der Waals surface area contributed by atoms with Gasteiger partial charge in [0.25, 0.3) is 5.91 Å². The van der Waals surface area contributed by atoms with Gasteiger partial charge < -0.3 is 15.1 Å². The summed E-state index contributed by atoms with van der Waals surface area (Å²) in [5.74, 6) is 0.219. The maximum absolute atomic E-state index is 13.3. The minimum absolute atomic E-state index is 0.0107. The molecule has 2 aliphatic heterocycles. The minimum atomic E-state index is -0.491. The highest BCUT2D eigenvalue weighted by Crippen LogP contribution is 2.25. The Kier molecular flexibility index (Phi) is 7.11. The fourth-order valence-electron chi connectivity index (χ4n) is 4.77. The number of likely N-dealkylation sites (tertiary alicyclic amines) is 1. The lowest BCUT2D eigenvalue weighted by Crippen LogP contribution is -2.56. The number of carbonyl (C=O) groups excluding carboxylic acids is 3. The Hall–Kier alpha value is -3.15. The summed E-state index contributed by atoms with van der Waals surface area (Å²) < 4.78 is 0. The number of carbonyl (C=O) groups is 3. The number of amides is 3. The van der Waals surface area contributed by atoms with Crippen LogP contribution in [0.1, 0.15) is 54.6 Å². The van der Waals surface area contributed by atoms with Gasteiger partial charge in [0.2, 0.25) is 11.8 Å². The number of nitrogens with zero attached hydrogens (tertiary/aromatic N) is 2. The smallest absolute Gasteiger partial charge is 0.253 e. The normalized spacial score (nSPS) is 18.7. The maximum atomic E-state index is 13.3. The van der Waals surface area contributed by atoms with Crippen molar-refractivity contribution in [3.05, 3.63) is 71.3 Å². The molecule has 3 amide bonds. The lowest BCUT2D eigenvalue weighted by atomic mass is 9.92. The number of nitrogens with one attached hydrogen (secondary N) is 1. The molecule has 2 aliphatic rings. The summed E-state index contributed by atoms with van der Waals surface area (Å²) in [5.41, 5.74) is 2.95. The lowest BCUT2D eigenvalue weighted by Gasteiger charge is -2.38. The largest absolute Gasteiger partial charge is 0.351 e. The topological polar surface area (TPSA) is 69.7 Å². The molecule has 174 valence electrons. The van der Waals surface area contributed by atoms with Crippen molar-refractivity contribution in [2.24, 2.45) is 5.92 Å². The lowest BCUT2D eigenvalue weighted by molar-refractivity contribution is -0.142. The number of rotatable bonds is 5. The highest BCUT2D eigenvalue weighted by molar-refractivity contribution is 5.94. The van der Waals surface area contributed by atoms with Crippen molar-refractivity contribution in [2.75, 3.05) is 13.1 Å². The van der Waals surface area contributed by atoms with E-state index in [1.807, 2.05) is 73.3 Å². The van der Waals surface area contributed by atoms with Crippen LogP contribution in [-0.2, 0) is 22.6 Å². The highest BCUT2D eigenvalue weighted by Gasteiger charge is 2.36. The van der Waals surface area contributed by atoms with E-state index in [1.54, 1.807) is 4.90 Å². The Morgan fingerprint density at radius 3 is 2.24 bits per heavy atom. The van der Waals surface area contributed by atoms with Crippen molar-refractivity contribution in [1.82, 2.24) is 15.1 Å². The second-order valence-corrected chi connectivity index (χ2v) is 9.55. The molecular weight excluding hydrogens is 414 g/mol. The molecule has 1 atom stereocenters. The molecule has 6 nitrogen and oxygen atoms in total. The van der Waals surface area contributed by atoms with Crippen LogP contribution >= 0.6 is 0 Å². The quantitative estimate of drug-likeness (QED) is 0.764. The molecule has 2 aromatic carbocycles. The Labute approximate surface area is 196 Å². The van der Waals surface area contributed by atoms with E-state index in [4.69, 9.17) is 0 Å². The van der Waals surface area contributed by atoms with Crippen LogP contribution in [0.3, 0.4) is 0 Å². The molecule has 0 saturated carbocycles. The highest BCUT2D eigenvalue weighted by atomic mass is 16.2. The van der Waals surface area contributed by atoms with E-state index >= 15 is 0 Å². The molecule has 1 saturated heterocycles. The first-order valence-corrected chi connectivity index (χ1v) is 11.9. The van der Waals surface area contributed by atoms with Gasteiger partial charge in [-0.1, -0.05) is 56.3 Å². The number of hydrogen-bond donors (Lipinski definition) is 1. The number of piperidine rings is 1. The SMILES string of the molecule is CC(C)CC(=O)N1Cc2ccccc2CC1C(=O)NC1CCN(C(=O)c2ccccc2)CC1. The van der Waals surface area contributed by atoms with Gasteiger partial charge >= 0.3 is 0 Å². The van der Waals surface area contributed by atoms with E-state index in [-0.39, 0.29) is 29.7 Å². The minimum Gasteiger partial charge on any atom is -0.351 e. The zero-order chi connectivity index (χ0) is 23.4. The number of fused-ring (bicyclic) bond motifs is 1. The average Bonchev–Trinajstić information content (AvgIpc) is 2.83. The molecule has 2 aromatic rings. The van der Waals surface area contributed by atoms with E-state index in [0.29, 0.717) is 50.9 Å². The average molecular weight is 448 g/mol. The monoisotopic (exact) mass is 447 g/mol. The molecule has 33 heavy (non-hydrogen) atoms. The van der Waals surface area contributed by atoms with Crippen molar-refractivity contribution in [2.45, 2.75) is 58.2 Å². The molecule has 1 unspecified atom stereocenters. The van der Waals surface area contributed by atoms with E-state index in [1.165, 1.54) is 0 Å². The first kappa shape index (κ1) is 23.0. The molecule has 0 bridgehead atoms. The molecule has 1 fully saturated rings. The van der Waals surface area contributed by atoms with Crippen molar-refractivity contribution in [1.29, 1.82) is 0 Å². The van der Waals surface area contributed by atoms with Gasteiger partial charge in [-0.25, -0.2) is 0 Å². The summed E-state index contributed by atoms with van der Waals surface area (Å²) in [6.07, 6.45) is 2.41. The molecule has 2 heterocycles. The van der Waals surface area contributed by atoms with Crippen LogP contribution in [-0.4, -0.2) is 52.7 Å². The molecule has 6 heteroatoms. The van der Waals surface area contributed by atoms with Gasteiger partial charge in [0.15, 0.2) is 0 Å². The van der Waals surface area contributed by atoms with Gasteiger partial charge in [-0.15, -0.1) is 0 Å². The van der Waals surface area contributed by atoms with Crippen LogP contribution in [0.25, 0.3) is 0 Å². The van der Waals surface area contributed by atoms with Gasteiger partial charge in [0.05, 0.1) is 0 Å². The third-order valence-electron chi connectivity index (χ3n) is 6.60. The third-order valence-corrected chi connectivity index (χ3v) is 6.60. The van der Waals surface area contributed by atoms with Crippen LogP contribution in [0.5, 0.6) is 0 Å². The summed E-state index contributed by atoms with van der Waals surface area (Å²) in [6, 6.07) is 16.9. The van der Waals surface area contributed by atoms with Crippen LogP contribution < -0.4 is 5.32 Å². The van der Waals surface area contributed by atoms with Gasteiger partial charge in [0, 0.05) is 44.1 Å². The second kappa shape index (κ2) is 10.2. The van der Waals surface area contributed by atoms with Crippen LogP contribution in [0, 0.1) is 5.92 Å². The Balaban J connectivity index is 1.39. The number of hydrogen-bond acceptors (Lipinski definition) is 3. The summed E-state index contributed by atoms with van der Waals surface area (Å²) in [5, 5.41) is 3.19. The zero-order valence-electron chi connectivity index (χ0n) is 19.5. The predicted molar refractivity (Wildman–Crippen MR) is 127 cm³/mol. The Morgan fingerprint density at radius 2 is 1.58 bits per heavy atom. The van der Waals surface area contributed by atoms with Crippen molar-refractivity contribution in [3.63, 3.8) is 0 Å². The van der Waals surface area contributed by atoms with Crippen LogP contribution in [0.4, 0.5) is 0 Å². The van der Waals surface area contributed by atoms with E-state index in [9.17, 15) is 14.4 Å². The zero-order valence-corrected chi connectivity index (χ0v) is 19.5. The fourth-order valence-corrected chi connectivity index (χ4v) is 4.77. The van der Waals surface area contributed by atoms with Gasteiger partial charge in [0.1, 0.15) is 6.04 Å². The summed E-state index contributed by atoms with van der Waals surface area (Å²) in [6.45, 7) is 5.75.